The summed E-state index contributed by atoms with van der Waals surface area (Å²) in [6.45, 7) is 1.98. The average Bonchev–Trinajstić information content (AvgIpc) is 2.61. The van der Waals surface area contributed by atoms with Crippen molar-refractivity contribution in [2.45, 2.75) is 75.0 Å². The van der Waals surface area contributed by atoms with Gasteiger partial charge in [0.15, 0.2) is 11.7 Å². The number of fused-ring (bicyclic) bond motifs is 1. The van der Waals surface area contributed by atoms with E-state index >= 15 is 0 Å². The number of nitrogens with zero attached hydrogens (tertiary/aromatic N) is 2. The molecule has 0 bridgehead atoms. The fraction of sp³-hybridized carbons (Fsp3) is 0.941. The second-order valence-corrected chi connectivity index (χ2v) is 7.62. The van der Waals surface area contributed by atoms with E-state index in [9.17, 15) is 10.2 Å². The summed E-state index contributed by atoms with van der Waals surface area (Å²) < 4.78 is 12.3. The molecule has 0 aromatic carbocycles. The first kappa shape index (κ1) is 16.6. The molecule has 2 spiro atoms. The Labute approximate surface area is 143 Å². The first-order valence-electron chi connectivity index (χ1n) is 9.36. The number of aliphatic hydroxyl groups is 2. The summed E-state index contributed by atoms with van der Waals surface area (Å²) in [7, 11) is 0. The van der Waals surface area contributed by atoms with Crippen LogP contribution in [0.2, 0.25) is 0 Å². The molecule has 4 atom stereocenters. The minimum Gasteiger partial charge on any atom is -0.394 e. The predicted octanol–water partition coefficient (Wildman–Crippen LogP) is 0.557. The lowest BCUT2D eigenvalue weighted by Gasteiger charge is -2.51. The highest BCUT2D eigenvalue weighted by atomic mass is 16.5. The zero-order valence-electron chi connectivity index (χ0n) is 14.2. The Balaban J connectivity index is 1.53. The number of nitrogens with one attached hydrogen (secondary N) is 1. The van der Waals surface area contributed by atoms with E-state index in [0.717, 1.165) is 70.4 Å². The van der Waals surface area contributed by atoms with Gasteiger partial charge in [-0.3, -0.25) is 0 Å². The topological polar surface area (TPSA) is 86.6 Å². The molecule has 3 saturated heterocycles. The Morgan fingerprint density at radius 1 is 1.00 bits per heavy atom. The van der Waals surface area contributed by atoms with Gasteiger partial charge in [0, 0.05) is 25.9 Å². The first-order chi connectivity index (χ1) is 11.7. The van der Waals surface area contributed by atoms with Gasteiger partial charge in [0.2, 0.25) is 0 Å². The summed E-state index contributed by atoms with van der Waals surface area (Å²) in [4.78, 5) is 7.22. The fourth-order valence-electron chi connectivity index (χ4n) is 4.53. The van der Waals surface area contributed by atoms with Crippen LogP contribution in [0.1, 0.15) is 51.4 Å². The molecule has 4 rings (SSSR count). The Morgan fingerprint density at radius 2 is 1.71 bits per heavy atom. The van der Waals surface area contributed by atoms with Gasteiger partial charge in [-0.25, -0.2) is 4.99 Å². The molecule has 4 aliphatic heterocycles. The van der Waals surface area contributed by atoms with Crippen molar-refractivity contribution in [3.05, 3.63) is 0 Å². The molecule has 4 heterocycles. The lowest BCUT2D eigenvalue weighted by Crippen LogP contribution is -2.66. The second-order valence-electron chi connectivity index (χ2n) is 7.62. The van der Waals surface area contributed by atoms with Crippen LogP contribution in [-0.4, -0.2) is 71.0 Å². The first-order valence-corrected chi connectivity index (χ1v) is 9.36. The molecule has 24 heavy (non-hydrogen) atoms. The lowest BCUT2D eigenvalue weighted by atomic mass is 9.92. The van der Waals surface area contributed by atoms with Crippen LogP contribution in [0.25, 0.3) is 0 Å². The number of aliphatic hydroxyl groups excluding tert-OH is 2. The molecule has 136 valence electrons. The Kier molecular flexibility index (Phi) is 4.45. The third kappa shape index (κ3) is 3.03. The minimum atomic E-state index is -0.492. The predicted molar refractivity (Wildman–Crippen MR) is 88.5 cm³/mol. The van der Waals surface area contributed by atoms with Gasteiger partial charge >= 0.3 is 0 Å². The quantitative estimate of drug-likeness (QED) is 0.681. The molecule has 0 radical (unpaired) electrons. The molecule has 0 saturated carbocycles. The van der Waals surface area contributed by atoms with Crippen LogP contribution in [0.3, 0.4) is 0 Å². The molecule has 0 aliphatic carbocycles. The van der Waals surface area contributed by atoms with Gasteiger partial charge in [0.25, 0.3) is 0 Å². The standard InChI is InChI=1S/C17H29N3O4/c21-11-13-3-1-5-16(23-13)7-9-20-10-8-17(19-15(20)18-16)6-2-4-14(12-22)24-17/h13-14,21-22H,1-12H2,(H,18,19)/t13-,14-,16+,17+/m0/s1. The lowest BCUT2D eigenvalue weighted by molar-refractivity contribution is -0.170. The molecule has 3 N–H and O–H groups in total. The Bertz CT molecular complexity index is 502. The summed E-state index contributed by atoms with van der Waals surface area (Å²) in [5.41, 5.74) is -0.890. The van der Waals surface area contributed by atoms with Gasteiger partial charge in [-0.1, -0.05) is 0 Å². The number of aliphatic imine (C=N–C) groups is 1. The highest BCUT2D eigenvalue weighted by Gasteiger charge is 2.46. The molecule has 0 aromatic rings. The monoisotopic (exact) mass is 339 g/mol. The van der Waals surface area contributed by atoms with Gasteiger partial charge in [0.1, 0.15) is 5.72 Å². The zero-order chi connectivity index (χ0) is 16.6. The van der Waals surface area contributed by atoms with Crippen LogP contribution in [-0.2, 0) is 9.47 Å². The molecule has 7 nitrogen and oxygen atoms in total. The highest BCUT2D eigenvalue weighted by molar-refractivity contribution is 5.82. The largest absolute Gasteiger partial charge is 0.394 e. The van der Waals surface area contributed by atoms with Gasteiger partial charge < -0.3 is 29.9 Å². The summed E-state index contributed by atoms with van der Waals surface area (Å²) in [5, 5.41) is 22.4. The normalized spacial score (nSPS) is 42.6. The average molecular weight is 339 g/mol. The number of rotatable bonds is 2. The number of hydrogen-bond acceptors (Lipinski definition) is 7. The smallest absolute Gasteiger partial charge is 0.198 e. The van der Waals surface area contributed by atoms with E-state index < -0.39 is 11.4 Å². The van der Waals surface area contributed by atoms with Gasteiger partial charge in [-0.05, 0) is 38.5 Å². The number of guanidine groups is 1. The summed E-state index contributed by atoms with van der Waals surface area (Å²) in [5.74, 6) is 0.865. The van der Waals surface area contributed by atoms with Crippen molar-refractivity contribution in [1.29, 1.82) is 0 Å². The van der Waals surface area contributed by atoms with Gasteiger partial charge in [0.05, 0.1) is 25.4 Å². The van der Waals surface area contributed by atoms with Crippen LogP contribution in [0, 0.1) is 0 Å². The fourth-order valence-corrected chi connectivity index (χ4v) is 4.53. The highest BCUT2D eigenvalue weighted by Crippen LogP contribution is 2.38. The molecule has 0 amide bonds. The zero-order valence-corrected chi connectivity index (χ0v) is 14.2. The van der Waals surface area contributed by atoms with Crippen LogP contribution >= 0.6 is 0 Å². The van der Waals surface area contributed by atoms with E-state index in [1.807, 2.05) is 0 Å². The van der Waals surface area contributed by atoms with Crippen molar-refractivity contribution in [1.82, 2.24) is 10.2 Å². The van der Waals surface area contributed by atoms with Crippen LogP contribution in [0.5, 0.6) is 0 Å². The molecular formula is C17H29N3O4. The number of hydrogen-bond donors (Lipinski definition) is 3. The maximum atomic E-state index is 9.46. The third-order valence-corrected chi connectivity index (χ3v) is 5.89. The maximum Gasteiger partial charge on any atom is 0.198 e. The van der Waals surface area contributed by atoms with Crippen molar-refractivity contribution in [3.63, 3.8) is 0 Å². The van der Waals surface area contributed by atoms with E-state index in [1.165, 1.54) is 0 Å². The second kappa shape index (κ2) is 6.44. The Morgan fingerprint density at radius 3 is 2.50 bits per heavy atom. The van der Waals surface area contributed by atoms with Crippen molar-refractivity contribution >= 4 is 5.96 Å². The van der Waals surface area contributed by atoms with Crippen LogP contribution < -0.4 is 5.32 Å². The SMILES string of the molecule is OC[C@@H]1CCC[C@]2(CCN3CC[C@]4(CCC[C@@H](CO)O4)NC3=N2)O1. The molecule has 0 unspecified atom stereocenters. The summed E-state index contributed by atoms with van der Waals surface area (Å²) >= 11 is 0. The van der Waals surface area contributed by atoms with E-state index in [0.29, 0.717) is 0 Å². The van der Waals surface area contributed by atoms with Gasteiger partial charge in [-0.15, -0.1) is 0 Å². The van der Waals surface area contributed by atoms with Crippen LogP contribution in [0.15, 0.2) is 4.99 Å². The maximum absolute atomic E-state index is 9.46. The number of ether oxygens (including phenoxy) is 2. The van der Waals surface area contributed by atoms with E-state index in [-0.39, 0.29) is 25.4 Å². The van der Waals surface area contributed by atoms with Crippen molar-refractivity contribution in [2.24, 2.45) is 4.99 Å². The molecule has 3 fully saturated rings. The minimum absolute atomic E-state index is 0.0645. The van der Waals surface area contributed by atoms with Crippen molar-refractivity contribution < 1.29 is 19.7 Å². The van der Waals surface area contributed by atoms with Crippen LogP contribution in [0.4, 0.5) is 0 Å². The molecular weight excluding hydrogens is 310 g/mol. The van der Waals surface area contributed by atoms with Crippen molar-refractivity contribution in [3.8, 4) is 0 Å². The third-order valence-electron chi connectivity index (χ3n) is 5.89. The van der Waals surface area contributed by atoms with E-state index in [4.69, 9.17) is 14.5 Å². The van der Waals surface area contributed by atoms with Crippen molar-refractivity contribution in [2.75, 3.05) is 26.3 Å². The molecule has 4 aliphatic rings. The summed E-state index contributed by atoms with van der Waals surface area (Å²) in [6.07, 6.45) is 7.39. The van der Waals surface area contributed by atoms with E-state index in [1.54, 1.807) is 0 Å². The molecule has 0 aromatic heterocycles. The Hall–Kier alpha value is -0.890. The van der Waals surface area contributed by atoms with E-state index in [2.05, 4.69) is 10.2 Å². The van der Waals surface area contributed by atoms with Gasteiger partial charge in [-0.2, -0.15) is 0 Å². The molecule has 7 heteroatoms. The summed E-state index contributed by atoms with van der Waals surface area (Å²) in [6, 6.07) is 0.